The standard InChI is InChI=1S/C10H16N2O/c1-6-3-7(2)10-8(5-11)12-13-9(10)4-6/h6-7H,3-5,11H2,1-2H3/t6-,7-/m0/s1. The molecule has 2 atom stereocenters. The zero-order chi connectivity index (χ0) is 9.42. The van der Waals surface area contributed by atoms with Gasteiger partial charge in [0, 0.05) is 18.5 Å². The maximum absolute atomic E-state index is 5.59. The largest absolute Gasteiger partial charge is 0.361 e. The van der Waals surface area contributed by atoms with Crippen LogP contribution >= 0.6 is 0 Å². The van der Waals surface area contributed by atoms with Crippen LogP contribution in [0.25, 0.3) is 0 Å². The van der Waals surface area contributed by atoms with Crippen molar-refractivity contribution in [1.82, 2.24) is 5.16 Å². The lowest BCUT2D eigenvalue weighted by atomic mass is 9.81. The second-order valence-electron chi connectivity index (χ2n) is 4.12. The Morgan fingerprint density at radius 2 is 2.31 bits per heavy atom. The Hall–Kier alpha value is -0.830. The monoisotopic (exact) mass is 180 g/mol. The summed E-state index contributed by atoms with van der Waals surface area (Å²) >= 11 is 0. The number of nitrogens with two attached hydrogens (primary N) is 1. The Balaban J connectivity index is 2.40. The van der Waals surface area contributed by atoms with Crippen molar-refractivity contribution in [3.63, 3.8) is 0 Å². The number of nitrogens with zero attached hydrogens (tertiary/aromatic N) is 1. The van der Waals surface area contributed by atoms with Gasteiger partial charge >= 0.3 is 0 Å². The Morgan fingerprint density at radius 3 is 3.00 bits per heavy atom. The zero-order valence-corrected chi connectivity index (χ0v) is 8.21. The van der Waals surface area contributed by atoms with Gasteiger partial charge in [-0.1, -0.05) is 19.0 Å². The molecule has 0 radical (unpaired) electrons. The number of hydrogen-bond acceptors (Lipinski definition) is 3. The normalized spacial score (nSPS) is 27.3. The molecule has 0 spiro atoms. The summed E-state index contributed by atoms with van der Waals surface area (Å²) in [6.45, 7) is 4.98. The lowest BCUT2D eigenvalue weighted by Crippen LogP contribution is -2.15. The summed E-state index contributed by atoms with van der Waals surface area (Å²) in [4.78, 5) is 0. The summed E-state index contributed by atoms with van der Waals surface area (Å²) in [6.07, 6.45) is 2.24. The van der Waals surface area contributed by atoms with Crippen molar-refractivity contribution in [1.29, 1.82) is 0 Å². The van der Waals surface area contributed by atoms with Crippen LogP contribution in [-0.2, 0) is 13.0 Å². The summed E-state index contributed by atoms with van der Waals surface area (Å²) in [5, 5.41) is 4.00. The van der Waals surface area contributed by atoms with Gasteiger partial charge in [-0.25, -0.2) is 0 Å². The zero-order valence-electron chi connectivity index (χ0n) is 8.21. The van der Waals surface area contributed by atoms with Crippen LogP contribution in [0.2, 0.25) is 0 Å². The van der Waals surface area contributed by atoms with Gasteiger partial charge in [0.05, 0.1) is 0 Å². The van der Waals surface area contributed by atoms with E-state index in [1.165, 1.54) is 12.0 Å². The molecule has 0 bridgehead atoms. The van der Waals surface area contributed by atoms with Gasteiger partial charge in [-0.15, -0.1) is 0 Å². The fourth-order valence-corrected chi connectivity index (χ4v) is 2.34. The van der Waals surface area contributed by atoms with Gasteiger partial charge in [0.15, 0.2) is 0 Å². The predicted octanol–water partition coefficient (Wildman–Crippen LogP) is 1.82. The Morgan fingerprint density at radius 1 is 1.54 bits per heavy atom. The minimum absolute atomic E-state index is 0.498. The fourth-order valence-electron chi connectivity index (χ4n) is 2.34. The van der Waals surface area contributed by atoms with Crippen molar-refractivity contribution in [3.8, 4) is 0 Å². The molecular weight excluding hydrogens is 164 g/mol. The number of rotatable bonds is 1. The van der Waals surface area contributed by atoms with Crippen molar-refractivity contribution in [2.45, 2.75) is 39.2 Å². The predicted molar refractivity (Wildman–Crippen MR) is 50.3 cm³/mol. The molecule has 0 amide bonds. The molecule has 1 aromatic heterocycles. The third-order valence-corrected chi connectivity index (χ3v) is 2.85. The molecule has 0 saturated carbocycles. The van der Waals surface area contributed by atoms with Gasteiger partial charge in [0.2, 0.25) is 0 Å². The first-order chi connectivity index (χ1) is 6.22. The average molecular weight is 180 g/mol. The second-order valence-corrected chi connectivity index (χ2v) is 4.12. The van der Waals surface area contributed by atoms with Gasteiger partial charge in [-0.2, -0.15) is 0 Å². The molecule has 1 heterocycles. The molecule has 1 aliphatic rings. The van der Waals surface area contributed by atoms with Crippen LogP contribution in [0, 0.1) is 5.92 Å². The summed E-state index contributed by atoms with van der Waals surface area (Å²) in [5.74, 6) is 2.33. The number of fused-ring (bicyclic) bond motifs is 1. The highest BCUT2D eigenvalue weighted by atomic mass is 16.5. The minimum atomic E-state index is 0.498. The van der Waals surface area contributed by atoms with Crippen LogP contribution in [0.4, 0.5) is 0 Å². The topological polar surface area (TPSA) is 52.0 Å². The lowest BCUT2D eigenvalue weighted by molar-refractivity contribution is 0.333. The van der Waals surface area contributed by atoms with E-state index >= 15 is 0 Å². The van der Waals surface area contributed by atoms with E-state index in [9.17, 15) is 0 Å². The number of aromatic nitrogens is 1. The van der Waals surface area contributed by atoms with Crippen molar-refractivity contribution < 1.29 is 4.52 Å². The Bertz CT molecular complexity index is 306. The van der Waals surface area contributed by atoms with E-state index in [2.05, 4.69) is 19.0 Å². The molecule has 0 aromatic carbocycles. The van der Waals surface area contributed by atoms with E-state index in [1.54, 1.807) is 0 Å². The minimum Gasteiger partial charge on any atom is -0.361 e. The first-order valence-electron chi connectivity index (χ1n) is 4.89. The fraction of sp³-hybridized carbons (Fsp3) is 0.700. The highest BCUT2D eigenvalue weighted by Crippen LogP contribution is 2.36. The Kier molecular flexibility index (Phi) is 2.12. The van der Waals surface area contributed by atoms with E-state index in [0.29, 0.717) is 18.4 Å². The van der Waals surface area contributed by atoms with Gasteiger partial charge < -0.3 is 10.3 Å². The molecule has 13 heavy (non-hydrogen) atoms. The summed E-state index contributed by atoms with van der Waals surface area (Å²) in [7, 11) is 0. The summed E-state index contributed by atoms with van der Waals surface area (Å²) < 4.78 is 5.29. The molecule has 0 unspecified atom stereocenters. The van der Waals surface area contributed by atoms with Crippen LogP contribution in [0.3, 0.4) is 0 Å². The molecule has 1 aliphatic carbocycles. The first kappa shape index (κ1) is 8.75. The van der Waals surface area contributed by atoms with Crippen molar-refractivity contribution in [2.75, 3.05) is 0 Å². The maximum atomic E-state index is 5.59. The van der Waals surface area contributed by atoms with Gasteiger partial charge in [0.1, 0.15) is 11.5 Å². The molecule has 0 saturated heterocycles. The van der Waals surface area contributed by atoms with Crippen molar-refractivity contribution in [3.05, 3.63) is 17.0 Å². The van der Waals surface area contributed by atoms with Crippen LogP contribution in [0.15, 0.2) is 4.52 Å². The van der Waals surface area contributed by atoms with E-state index in [0.717, 1.165) is 17.9 Å². The van der Waals surface area contributed by atoms with Crippen LogP contribution < -0.4 is 5.73 Å². The van der Waals surface area contributed by atoms with E-state index < -0.39 is 0 Å². The summed E-state index contributed by atoms with van der Waals surface area (Å²) in [5.41, 5.74) is 7.82. The molecule has 3 heteroatoms. The van der Waals surface area contributed by atoms with Crippen molar-refractivity contribution in [2.24, 2.45) is 11.7 Å². The van der Waals surface area contributed by atoms with Crippen LogP contribution in [0.1, 0.15) is 43.2 Å². The van der Waals surface area contributed by atoms with E-state index in [1.807, 2.05) is 0 Å². The van der Waals surface area contributed by atoms with E-state index in [-0.39, 0.29) is 0 Å². The van der Waals surface area contributed by atoms with Crippen LogP contribution in [0.5, 0.6) is 0 Å². The molecule has 2 N–H and O–H groups in total. The lowest BCUT2D eigenvalue weighted by Gasteiger charge is -2.22. The van der Waals surface area contributed by atoms with E-state index in [4.69, 9.17) is 10.3 Å². The summed E-state index contributed by atoms with van der Waals surface area (Å²) in [6, 6.07) is 0. The SMILES string of the molecule is C[C@@H]1Cc2onc(CN)c2[C@@H](C)C1. The smallest absolute Gasteiger partial charge is 0.140 e. The molecule has 2 rings (SSSR count). The molecule has 3 nitrogen and oxygen atoms in total. The maximum Gasteiger partial charge on any atom is 0.140 e. The quantitative estimate of drug-likeness (QED) is 0.717. The molecular formula is C10H16N2O. The average Bonchev–Trinajstić information content (AvgIpc) is 2.47. The highest BCUT2D eigenvalue weighted by Gasteiger charge is 2.27. The first-order valence-corrected chi connectivity index (χ1v) is 4.89. The van der Waals surface area contributed by atoms with Gasteiger partial charge in [0.25, 0.3) is 0 Å². The second kappa shape index (κ2) is 3.14. The molecule has 1 aromatic rings. The molecule has 72 valence electrons. The number of hydrogen-bond donors (Lipinski definition) is 1. The highest BCUT2D eigenvalue weighted by molar-refractivity contribution is 5.29. The van der Waals surface area contributed by atoms with Crippen LogP contribution in [-0.4, -0.2) is 5.16 Å². The molecule has 0 fully saturated rings. The van der Waals surface area contributed by atoms with Gasteiger partial charge in [-0.3, -0.25) is 0 Å². The third-order valence-electron chi connectivity index (χ3n) is 2.85. The third kappa shape index (κ3) is 1.37. The van der Waals surface area contributed by atoms with Gasteiger partial charge in [-0.05, 0) is 18.3 Å². The Labute approximate surface area is 78.3 Å². The van der Waals surface area contributed by atoms with Crippen molar-refractivity contribution >= 4 is 0 Å². The molecule has 0 aliphatic heterocycles.